The van der Waals surface area contributed by atoms with E-state index >= 15 is 0 Å². The van der Waals surface area contributed by atoms with Crippen molar-refractivity contribution in [3.05, 3.63) is 28.0 Å². The molecule has 0 saturated carbocycles. The van der Waals surface area contributed by atoms with E-state index in [4.69, 9.17) is 0 Å². The number of aromatic nitrogens is 1. The summed E-state index contributed by atoms with van der Waals surface area (Å²) in [6.45, 7) is 1.89. The molecular weight excluding hydrogens is 271 g/mol. The Labute approximate surface area is 94.8 Å². The molecular formula is C10H11BrF3N. The fraction of sp³-hybridized carbons (Fsp3) is 0.500. The number of aryl methyl sites for hydroxylation is 2. The first-order valence-corrected chi connectivity index (χ1v) is 5.35. The number of pyridine rings is 1. The van der Waals surface area contributed by atoms with E-state index in [0.29, 0.717) is 12.1 Å². The molecule has 5 heteroatoms. The third-order valence-corrected chi connectivity index (χ3v) is 2.83. The van der Waals surface area contributed by atoms with Crippen molar-refractivity contribution in [3.8, 4) is 0 Å². The second-order valence-corrected chi connectivity index (χ2v) is 4.25. The number of rotatable bonds is 3. The largest absolute Gasteiger partial charge is 0.389 e. The van der Waals surface area contributed by atoms with Crippen molar-refractivity contribution in [2.45, 2.75) is 32.4 Å². The van der Waals surface area contributed by atoms with E-state index in [1.54, 1.807) is 12.3 Å². The SMILES string of the molecule is Cc1cc(CCCC(F)(F)F)ncc1Br. The Morgan fingerprint density at radius 1 is 1.40 bits per heavy atom. The summed E-state index contributed by atoms with van der Waals surface area (Å²) in [6.07, 6.45) is -2.72. The first kappa shape index (κ1) is 12.5. The van der Waals surface area contributed by atoms with Crippen molar-refractivity contribution >= 4 is 15.9 Å². The summed E-state index contributed by atoms with van der Waals surface area (Å²) in [7, 11) is 0. The monoisotopic (exact) mass is 281 g/mol. The molecule has 0 atom stereocenters. The van der Waals surface area contributed by atoms with E-state index in [0.717, 1.165) is 10.0 Å². The van der Waals surface area contributed by atoms with Crippen molar-refractivity contribution in [3.63, 3.8) is 0 Å². The highest BCUT2D eigenvalue weighted by Gasteiger charge is 2.25. The van der Waals surface area contributed by atoms with Gasteiger partial charge in [0.25, 0.3) is 0 Å². The molecule has 1 rings (SSSR count). The van der Waals surface area contributed by atoms with Gasteiger partial charge < -0.3 is 0 Å². The van der Waals surface area contributed by atoms with Crippen LogP contribution in [0.15, 0.2) is 16.7 Å². The topological polar surface area (TPSA) is 12.9 Å². The average molecular weight is 282 g/mol. The summed E-state index contributed by atoms with van der Waals surface area (Å²) < 4.78 is 36.5. The van der Waals surface area contributed by atoms with E-state index in [9.17, 15) is 13.2 Å². The van der Waals surface area contributed by atoms with E-state index < -0.39 is 12.6 Å². The molecule has 0 aliphatic rings. The number of halogens is 4. The Balaban J connectivity index is 2.48. The summed E-state index contributed by atoms with van der Waals surface area (Å²) in [5, 5.41) is 0. The van der Waals surface area contributed by atoms with Crippen LogP contribution in [0, 0.1) is 6.92 Å². The molecule has 0 radical (unpaired) electrons. The zero-order valence-electron chi connectivity index (χ0n) is 8.24. The van der Waals surface area contributed by atoms with Crippen molar-refractivity contribution in [1.29, 1.82) is 0 Å². The highest BCUT2D eigenvalue weighted by atomic mass is 79.9. The molecule has 0 saturated heterocycles. The van der Waals surface area contributed by atoms with Gasteiger partial charge >= 0.3 is 6.18 Å². The third kappa shape index (κ3) is 4.64. The van der Waals surface area contributed by atoms with Gasteiger partial charge in [0.05, 0.1) is 0 Å². The molecule has 15 heavy (non-hydrogen) atoms. The van der Waals surface area contributed by atoms with Crippen LogP contribution in [0.2, 0.25) is 0 Å². The molecule has 84 valence electrons. The van der Waals surface area contributed by atoms with Gasteiger partial charge in [-0.05, 0) is 47.3 Å². The number of alkyl halides is 3. The van der Waals surface area contributed by atoms with E-state index in [1.165, 1.54) is 0 Å². The zero-order valence-corrected chi connectivity index (χ0v) is 9.82. The quantitative estimate of drug-likeness (QED) is 0.815. The van der Waals surface area contributed by atoms with Crippen LogP contribution in [-0.2, 0) is 6.42 Å². The van der Waals surface area contributed by atoms with Gasteiger partial charge in [-0.25, -0.2) is 0 Å². The van der Waals surface area contributed by atoms with Gasteiger partial charge in [-0.1, -0.05) is 0 Å². The summed E-state index contributed by atoms with van der Waals surface area (Å²) in [6, 6.07) is 1.81. The van der Waals surface area contributed by atoms with Crippen molar-refractivity contribution in [1.82, 2.24) is 4.98 Å². The van der Waals surface area contributed by atoms with Crippen LogP contribution in [0.4, 0.5) is 13.2 Å². The normalized spacial score (nSPS) is 11.8. The summed E-state index contributed by atoms with van der Waals surface area (Å²) in [5.74, 6) is 0. The Hall–Kier alpha value is -0.580. The highest BCUT2D eigenvalue weighted by Crippen LogP contribution is 2.23. The maximum absolute atomic E-state index is 11.9. The predicted molar refractivity (Wildman–Crippen MR) is 55.7 cm³/mol. The molecule has 1 heterocycles. The van der Waals surface area contributed by atoms with Gasteiger partial charge in [0.1, 0.15) is 0 Å². The minimum atomic E-state index is -4.07. The van der Waals surface area contributed by atoms with Gasteiger partial charge in [-0.2, -0.15) is 13.2 Å². The van der Waals surface area contributed by atoms with Crippen LogP contribution in [0.25, 0.3) is 0 Å². The Bertz CT molecular complexity index is 336. The average Bonchev–Trinajstić information content (AvgIpc) is 2.09. The van der Waals surface area contributed by atoms with E-state index in [1.807, 2.05) is 6.92 Å². The number of hydrogen-bond acceptors (Lipinski definition) is 1. The standard InChI is InChI=1S/C10H11BrF3N/c1-7-5-8(15-6-9(7)11)3-2-4-10(12,13)14/h5-6H,2-4H2,1H3. The summed E-state index contributed by atoms with van der Waals surface area (Å²) in [4.78, 5) is 4.04. The fourth-order valence-electron chi connectivity index (χ4n) is 1.20. The Kier molecular flexibility index (Phi) is 4.13. The lowest BCUT2D eigenvalue weighted by atomic mass is 10.1. The van der Waals surface area contributed by atoms with Crippen molar-refractivity contribution in [2.24, 2.45) is 0 Å². The fourth-order valence-corrected chi connectivity index (χ4v) is 1.42. The minimum Gasteiger partial charge on any atom is -0.260 e. The molecule has 0 spiro atoms. The maximum atomic E-state index is 11.9. The van der Waals surface area contributed by atoms with E-state index in [2.05, 4.69) is 20.9 Å². The van der Waals surface area contributed by atoms with Crippen molar-refractivity contribution < 1.29 is 13.2 Å². The van der Waals surface area contributed by atoms with Gasteiger partial charge in [-0.3, -0.25) is 4.98 Å². The maximum Gasteiger partial charge on any atom is 0.389 e. The van der Waals surface area contributed by atoms with Crippen LogP contribution >= 0.6 is 15.9 Å². The van der Waals surface area contributed by atoms with Crippen LogP contribution in [0.5, 0.6) is 0 Å². The highest BCUT2D eigenvalue weighted by molar-refractivity contribution is 9.10. The molecule has 0 unspecified atom stereocenters. The predicted octanol–water partition coefficient (Wildman–Crippen LogP) is 4.04. The number of hydrogen-bond donors (Lipinski definition) is 0. The lowest BCUT2D eigenvalue weighted by Gasteiger charge is -2.06. The zero-order chi connectivity index (χ0) is 11.5. The van der Waals surface area contributed by atoms with Crippen LogP contribution in [0.3, 0.4) is 0 Å². The van der Waals surface area contributed by atoms with Crippen LogP contribution in [-0.4, -0.2) is 11.2 Å². The second-order valence-electron chi connectivity index (χ2n) is 3.39. The van der Waals surface area contributed by atoms with Crippen LogP contribution in [0.1, 0.15) is 24.1 Å². The van der Waals surface area contributed by atoms with Gasteiger partial charge in [0.2, 0.25) is 0 Å². The van der Waals surface area contributed by atoms with Gasteiger partial charge in [-0.15, -0.1) is 0 Å². The lowest BCUT2D eigenvalue weighted by Crippen LogP contribution is -2.07. The molecule has 1 aromatic heterocycles. The molecule has 0 aliphatic carbocycles. The summed E-state index contributed by atoms with van der Waals surface area (Å²) in [5.41, 5.74) is 1.70. The van der Waals surface area contributed by atoms with Gasteiger partial charge in [0.15, 0.2) is 0 Å². The Morgan fingerprint density at radius 3 is 2.60 bits per heavy atom. The first-order chi connectivity index (χ1) is 6.88. The van der Waals surface area contributed by atoms with Gasteiger partial charge in [0, 0.05) is 22.8 Å². The second kappa shape index (κ2) is 4.96. The van der Waals surface area contributed by atoms with E-state index in [-0.39, 0.29) is 6.42 Å². The van der Waals surface area contributed by atoms with Crippen LogP contribution < -0.4 is 0 Å². The molecule has 0 fully saturated rings. The molecule has 1 aromatic rings. The Morgan fingerprint density at radius 2 is 2.07 bits per heavy atom. The third-order valence-electron chi connectivity index (χ3n) is 2.00. The lowest BCUT2D eigenvalue weighted by molar-refractivity contribution is -0.135. The summed E-state index contributed by atoms with van der Waals surface area (Å²) >= 11 is 3.29. The molecule has 0 bridgehead atoms. The minimum absolute atomic E-state index is 0.0948. The number of nitrogens with zero attached hydrogens (tertiary/aromatic N) is 1. The molecule has 1 nitrogen and oxygen atoms in total. The first-order valence-electron chi connectivity index (χ1n) is 4.56. The van der Waals surface area contributed by atoms with Crippen molar-refractivity contribution in [2.75, 3.05) is 0 Å². The molecule has 0 N–H and O–H groups in total. The smallest absolute Gasteiger partial charge is 0.260 e. The molecule has 0 aromatic carbocycles. The molecule has 0 aliphatic heterocycles. The molecule has 0 amide bonds.